The minimum atomic E-state index is -0.00302. The maximum atomic E-state index is 12.7. The second-order valence-corrected chi connectivity index (χ2v) is 9.23. The Balaban J connectivity index is 1.31. The summed E-state index contributed by atoms with van der Waals surface area (Å²) in [5.41, 5.74) is 0.0607. The molecule has 0 spiro atoms. The number of piperidine rings is 1. The highest BCUT2D eigenvalue weighted by molar-refractivity contribution is 5.77. The molecule has 1 aliphatic heterocycles. The molecule has 4 aliphatic carbocycles. The van der Waals surface area contributed by atoms with Gasteiger partial charge in [0.15, 0.2) is 0 Å². The molecule has 2 N–H and O–H groups in total. The lowest BCUT2D eigenvalue weighted by molar-refractivity contribution is -0.132. The first-order valence-electron chi connectivity index (χ1n) is 10.4. The minimum Gasteiger partial charge on any atom is -0.341 e. The molecule has 0 radical (unpaired) electrons. The van der Waals surface area contributed by atoms with E-state index in [2.05, 4.69) is 10.6 Å². The van der Waals surface area contributed by atoms with Crippen molar-refractivity contribution in [2.24, 2.45) is 17.8 Å². The molecular weight excluding hydrogens is 314 g/mol. The topological polar surface area (TPSA) is 61.4 Å². The molecule has 4 saturated carbocycles. The molecule has 5 aliphatic rings. The molecule has 1 unspecified atom stereocenters. The highest BCUT2D eigenvalue weighted by Crippen LogP contribution is 2.55. The molecule has 3 amide bonds. The van der Waals surface area contributed by atoms with Crippen molar-refractivity contribution in [2.75, 3.05) is 13.1 Å². The molecule has 5 fully saturated rings. The molecule has 1 saturated heterocycles. The summed E-state index contributed by atoms with van der Waals surface area (Å²) in [5, 5.41) is 6.56. The molecule has 5 heteroatoms. The zero-order chi connectivity index (χ0) is 17.4. The molecule has 0 aromatic rings. The van der Waals surface area contributed by atoms with Gasteiger partial charge in [-0.2, -0.15) is 0 Å². The zero-order valence-electron chi connectivity index (χ0n) is 15.6. The molecule has 0 aromatic carbocycles. The average molecular weight is 348 g/mol. The van der Waals surface area contributed by atoms with Crippen LogP contribution in [0.5, 0.6) is 0 Å². The zero-order valence-corrected chi connectivity index (χ0v) is 15.6. The minimum absolute atomic E-state index is 0.00302. The van der Waals surface area contributed by atoms with Crippen molar-refractivity contribution in [2.45, 2.75) is 82.7 Å². The Morgan fingerprint density at radius 3 is 2.32 bits per heavy atom. The Bertz CT molecular complexity index is 498. The number of hydrogen-bond donors (Lipinski definition) is 2. The van der Waals surface area contributed by atoms with Crippen LogP contribution in [-0.2, 0) is 4.79 Å². The van der Waals surface area contributed by atoms with Crippen molar-refractivity contribution in [3.05, 3.63) is 0 Å². The number of nitrogens with zero attached hydrogens (tertiary/aromatic N) is 1. The van der Waals surface area contributed by atoms with E-state index in [1.165, 1.54) is 38.5 Å². The van der Waals surface area contributed by atoms with E-state index in [9.17, 15) is 9.59 Å². The van der Waals surface area contributed by atoms with Gasteiger partial charge in [-0.3, -0.25) is 4.79 Å². The number of urea groups is 1. The van der Waals surface area contributed by atoms with E-state index >= 15 is 0 Å². The molecule has 1 atom stereocenters. The van der Waals surface area contributed by atoms with Gasteiger partial charge in [0.1, 0.15) is 0 Å². The number of rotatable bonds is 4. The summed E-state index contributed by atoms with van der Waals surface area (Å²) >= 11 is 0. The summed E-state index contributed by atoms with van der Waals surface area (Å²) in [7, 11) is 0. The summed E-state index contributed by atoms with van der Waals surface area (Å²) in [6, 6.07) is 0.0974. The van der Waals surface area contributed by atoms with Gasteiger partial charge in [0.2, 0.25) is 5.91 Å². The van der Waals surface area contributed by atoms with E-state index in [4.69, 9.17) is 0 Å². The lowest BCUT2D eigenvalue weighted by Crippen LogP contribution is -2.63. The Morgan fingerprint density at radius 2 is 1.72 bits per heavy atom. The molecule has 140 valence electrons. The summed E-state index contributed by atoms with van der Waals surface area (Å²) in [5.74, 6) is 2.74. The lowest BCUT2D eigenvalue weighted by atomic mass is 9.53. The fraction of sp³-hybridized carbons (Fsp3) is 0.900. The van der Waals surface area contributed by atoms with Gasteiger partial charge in [-0.15, -0.1) is 0 Å². The van der Waals surface area contributed by atoms with Crippen molar-refractivity contribution in [3.63, 3.8) is 0 Å². The van der Waals surface area contributed by atoms with Crippen molar-refractivity contribution in [1.82, 2.24) is 15.5 Å². The van der Waals surface area contributed by atoms with E-state index in [0.717, 1.165) is 43.6 Å². The van der Waals surface area contributed by atoms with Crippen molar-refractivity contribution >= 4 is 11.9 Å². The maximum Gasteiger partial charge on any atom is 0.315 e. The standard InChI is InChI=1S/C20H33N3O2/c1-2-4-18(24)23-6-3-5-17(13-23)21-19(25)22-20-10-14-7-15(11-20)9-16(8-14)12-20/h14-17H,2-13H2,1H3,(H2,21,22,25). The average Bonchev–Trinajstić information content (AvgIpc) is 2.53. The first-order valence-corrected chi connectivity index (χ1v) is 10.4. The van der Waals surface area contributed by atoms with Crippen LogP contribution in [0, 0.1) is 17.8 Å². The number of carbonyl (C=O) groups is 2. The van der Waals surface area contributed by atoms with Gasteiger partial charge in [0, 0.05) is 31.1 Å². The Hall–Kier alpha value is -1.26. The number of carbonyl (C=O) groups excluding carboxylic acids is 2. The second kappa shape index (κ2) is 6.81. The van der Waals surface area contributed by atoms with Gasteiger partial charge < -0.3 is 15.5 Å². The van der Waals surface area contributed by atoms with Crippen molar-refractivity contribution in [1.29, 1.82) is 0 Å². The summed E-state index contributed by atoms with van der Waals surface area (Å²) in [6.45, 7) is 3.55. The highest BCUT2D eigenvalue weighted by atomic mass is 16.2. The molecule has 25 heavy (non-hydrogen) atoms. The largest absolute Gasteiger partial charge is 0.341 e. The summed E-state index contributed by atoms with van der Waals surface area (Å²) in [4.78, 5) is 26.7. The van der Waals surface area contributed by atoms with Crippen LogP contribution >= 0.6 is 0 Å². The number of amides is 3. The Morgan fingerprint density at radius 1 is 1.08 bits per heavy atom. The quantitative estimate of drug-likeness (QED) is 0.821. The van der Waals surface area contributed by atoms with Crippen molar-refractivity contribution < 1.29 is 9.59 Å². The van der Waals surface area contributed by atoms with Crippen LogP contribution in [0.2, 0.25) is 0 Å². The molecule has 5 nitrogen and oxygen atoms in total. The molecule has 1 heterocycles. The normalized spacial score (nSPS) is 39.3. The highest BCUT2D eigenvalue weighted by Gasteiger charge is 2.51. The van der Waals surface area contributed by atoms with Gasteiger partial charge >= 0.3 is 6.03 Å². The van der Waals surface area contributed by atoms with Crippen LogP contribution in [0.4, 0.5) is 4.79 Å². The van der Waals surface area contributed by atoms with Gasteiger partial charge in [-0.25, -0.2) is 4.79 Å². The predicted molar refractivity (Wildman–Crippen MR) is 97.1 cm³/mol. The van der Waals surface area contributed by atoms with Gasteiger partial charge in [0.05, 0.1) is 0 Å². The second-order valence-electron chi connectivity index (χ2n) is 9.23. The molecular formula is C20H33N3O2. The Kier molecular flexibility index (Phi) is 4.67. The SMILES string of the molecule is CCCC(=O)N1CCCC(NC(=O)NC23CC4CC(CC(C4)C2)C3)C1. The van der Waals surface area contributed by atoms with Crippen LogP contribution < -0.4 is 10.6 Å². The molecule has 0 aromatic heterocycles. The van der Waals surface area contributed by atoms with Crippen LogP contribution in [-0.4, -0.2) is 41.5 Å². The van der Waals surface area contributed by atoms with Crippen LogP contribution in [0.3, 0.4) is 0 Å². The van der Waals surface area contributed by atoms with E-state index in [-0.39, 0.29) is 23.5 Å². The van der Waals surface area contributed by atoms with Crippen molar-refractivity contribution in [3.8, 4) is 0 Å². The third-order valence-electron chi connectivity index (χ3n) is 6.99. The first kappa shape index (κ1) is 17.2. The van der Waals surface area contributed by atoms with E-state index in [1.807, 2.05) is 11.8 Å². The fourth-order valence-electron chi connectivity index (χ4n) is 6.42. The van der Waals surface area contributed by atoms with E-state index < -0.39 is 0 Å². The molecule has 5 rings (SSSR count). The van der Waals surface area contributed by atoms with Gasteiger partial charge in [-0.1, -0.05) is 6.92 Å². The van der Waals surface area contributed by atoms with Crippen LogP contribution in [0.25, 0.3) is 0 Å². The lowest BCUT2D eigenvalue weighted by Gasteiger charge is -2.56. The summed E-state index contributed by atoms with van der Waals surface area (Å²) in [6.07, 6.45) is 11.2. The first-order chi connectivity index (χ1) is 12.0. The van der Waals surface area contributed by atoms with Crippen LogP contribution in [0.15, 0.2) is 0 Å². The van der Waals surface area contributed by atoms with E-state index in [0.29, 0.717) is 13.0 Å². The number of likely N-dealkylation sites (tertiary alicyclic amines) is 1. The number of nitrogens with one attached hydrogen (secondary N) is 2. The maximum absolute atomic E-state index is 12.7. The Labute approximate surface area is 151 Å². The third-order valence-corrected chi connectivity index (χ3v) is 6.99. The van der Waals surface area contributed by atoms with E-state index in [1.54, 1.807) is 0 Å². The monoisotopic (exact) mass is 347 g/mol. The number of hydrogen-bond acceptors (Lipinski definition) is 2. The smallest absolute Gasteiger partial charge is 0.315 e. The predicted octanol–water partition coefficient (Wildman–Crippen LogP) is 3.05. The summed E-state index contributed by atoms with van der Waals surface area (Å²) < 4.78 is 0. The van der Waals surface area contributed by atoms with Crippen LogP contribution in [0.1, 0.15) is 71.1 Å². The fourth-order valence-corrected chi connectivity index (χ4v) is 6.42. The third kappa shape index (κ3) is 3.65. The molecule has 4 bridgehead atoms. The van der Waals surface area contributed by atoms with Gasteiger partial charge in [-0.05, 0) is 75.5 Å². The van der Waals surface area contributed by atoms with Gasteiger partial charge in [0.25, 0.3) is 0 Å².